The Labute approximate surface area is 137 Å². The van der Waals surface area contributed by atoms with Crippen LogP contribution in [0.2, 0.25) is 0 Å². The number of nitrogen functional groups attached to an aromatic ring is 1. The van der Waals surface area contributed by atoms with E-state index < -0.39 is 0 Å². The monoisotopic (exact) mass is 306 g/mol. The third-order valence-corrected chi connectivity index (χ3v) is 3.94. The SMILES string of the molecule is CC(C)c1ccc(Cn2cc(Cc3ccc(N)cc3)nn2)cc1. The van der Waals surface area contributed by atoms with Gasteiger partial charge in [0.25, 0.3) is 0 Å². The van der Waals surface area contributed by atoms with Crippen molar-refractivity contribution in [3.63, 3.8) is 0 Å². The molecule has 0 aliphatic rings. The lowest BCUT2D eigenvalue weighted by molar-refractivity contribution is 0.649. The number of nitrogens with two attached hydrogens (primary N) is 1. The van der Waals surface area contributed by atoms with Crippen molar-refractivity contribution in [3.8, 4) is 0 Å². The van der Waals surface area contributed by atoms with Gasteiger partial charge in [-0.2, -0.15) is 0 Å². The van der Waals surface area contributed by atoms with Crippen LogP contribution in [0, 0.1) is 0 Å². The van der Waals surface area contributed by atoms with Crippen molar-refractivity contribution in [2.24, 2.45) is 0 Å². The van der Waals surface area contributed by atoms with Crippen molar-refractivity contribution in [1.82, 2.24) is 15.0 Å². The molecule has 1 heterocycles. The highest BCUT2D eigenvalue weighted by atomic mass is 15.4. The molecule has 0 aliphatic heterocycles. The molecule has 4 nitrogen and oxygen atoms in total. The van der Waals surface area contributed by atoms with E-state index in [9.17, 15) is 0 Å². The van der Waals surface area contributed by atoms with Crippen LogP contribution in [0.1, 0.15) is 42.1 Å². The van der Waals surface area contributed by atoms with Crippen LogP contribution in [0.25, 0.3) is 0 Å². The van der Waals surface area contributed by atoms with Gasteiger partial charge < -0.3 is 5.73 Å². The molecule has 2 aromatic carbocycles. The number of benzene rings is 2. The van der Waals surface area contributed by atoms with Crippen LogP contribution in [0.4, 0.5) is 5.69 Å². The first-order chi connectivity index (χ1) is 11.1. The first-order valence-electron chi connectivity index (χ1n) is 7.92. The number of rotatable bonds is 5. The Balaban J connectivity index is 1.65. The van der Waals surface area contributed by atoms with Gasteiger partial charge in [-0.3, -0.25) is 0 Å². The summed E-state index contributed by atoms with van der Waals surface area (Å²) in [6.45, 7) is 5.15. The Morgan fingerprint density at radius 2 is 1.61 bits per heavy atom. The van der Waals surface area contributed by atoms with Gasteiger partial charge in [0.05, 0.1) is 12.2 Å². The Kier molecular flexibility index (Phi) is 4.42. The maximum absolute atomic E-state index is 5.71. The van der Waals surface area contributed by atoms with Gasteiger partial charge in [0, 0.05) is 18.3 Å². The van der Waals surface area contributed by atoms with Crippen molar-refractivity contribution in [2.75, 3.05) is 5.73 Å². The minimum absolute atomic E-state index is 0.557. The molecule has 0 saturated heterocycles. The van der Waals surface area contributed by atoms with Gasteiger partial charge in [0.2, 0.25) is 0 Å². The number of hydrogen-bond acceptors (Lipinski definition) is 3. The Hall–Kier alpha value is -2.62. The molecular weight excluding hydrogens is 284 g/mol. The van der Waals surface area contributed by atoms with Crippen LogP contribution >= 0.6 is 0 Å². The summed E-state index contributed by atoms with van der Waals surface area (Å²) in [6, 6.07) is 16.6. The van der Waals surface area contributed by atoms with E-state index in [0.717, 1.165) is 24.3 Å². The minimum atomic E-state index is 0.557. The van der Waals surface area contributed by atoms with Gasteiger partial charge in [-0.05, 0) is 34.7 Å². The topological polar surface area (TPSA) is 56.7 Å². The van der Waals surface area contributed by atoms with E-state index in [1.807, 2.05) is 35.1 Å². The van der Waals surface area contributed by atoms with Crippen LogP contribution in [0.5, 0.6) is 0 Å². The molecule has 118 valence electrons. The van der Waals surface area contributed by atoms with E-state index in [1.165, 1.54) is 16.7 Å². The molecule has 0 saturated carbocycles. The van der Waals surface area contributed by atoms with E-state index in [1.54, 1.807) is 0 Å². The summed E-state index contributed by atoms with van der Waals surface area (Å²) in [5, 5.41) is 8.48. The van der Waals surface area contributed by atoms with E-state index in [2.05, 4.69) is 48.4 Å². The summed E-state index contributed by atoms with van der Waals surface area (Å²) in [6.07, 6.45) is 2.78. The highest BCUT2D eigenvalue weighted by Crippen LogP contribution is 2.15. The molecule has 3 rings (SSSR count). The van der Waals surface area contributed by atoms with Gasteiger partial charge in [0.1, 0.15) is 0 Å². The van der Waals surface area contributed by atoms with Crippen molar-refractivity contribution >= 4 is 5.69 Å². The Bertz CT molecular complexity index is 755. The molecule has 1 aromatic heterocycles. The first-order valence-corrected chi connectivity index (χ1v) is 7.92. The van der Waals surface area contributed by atoms with Crippen LogP contribution in [0.3, 0.4) is 0 Å². The number of aromatic nitrogens is 3. The zero-order valence-corrected chi connectivity index (χ0v) is 13.6. The zero-order chi connectivity index (χ0) is 16.2. The molecule has 3 aromatic rings. The molecule has 0 atom stereocenters. The predicted molar refractivity (Wildman–Crippen MR) is 93.3 cm³/mol. The zero-order valence-electron chi connectivity index (χ0n) is 13.6. The Morgan fingerprint density at radius 1 is 0.957 bits per heavy atom. The summed E-state index contributed by atoms with van der Waals surface area (Å²) in [5.41, 5.74) is 11.2. The van der Waals surface area contributed by atoms with Crippen molar-refractivity contribution in [2.45, 2.75) is 32.7 Å². The van der Waals surface area contributed by atoms with Gasteiger partial charge in [-0.15, -0.1) is 5.10 Å². The fourth-order valence-corrected chi connectivity index (χ4v) is 2.54. The summed E-state index contributed by atoms with van der Waals surface area (Å²) >= 11 is 0. The molecule has 0 fully saturated rings. The largest absolute Gasteiger partial charge is 0.399 e. The lowest BCUT2D eigenvalue weighted by Gasteiger charge is -2.06. The van der Waals surface area contributed by atoms with Gasteiger partial charge in [0.15, 0.2) is 0 Å². The van der Waals surface area contributed by atoms with E-state index in [-0.39, 0.29) is 0 Å². The van der Waals surface area contributed by atoms with E-state index in [4.69, 9.17) is 5.73 Å². The predicted octanol–water partition coefficient (Wildman–Crippen LogP) is 3.62. The van der Waals surface area contributed by atoms with Crippen LogP contribution in [-0.2, 0) is 13.0 Å². The number of anilines is 1. The second-order valence-electron chi connectivity index (χ2n) is 6.22. The third-order valence-electron chi connectivity index (χ3n) is 3.94. The van der Waals surface area contributed by atoms with E-state index in [0.29, 0.717) is 5.92 Å². The van der Waals surface area contributed by atoms with Crippen LogP contribution in [-0.4, -0.2) is 15.0 Å². The molecule has 0 spiro atoms. The molecule has 0 aliphatic carbocycles. The summed E-state index contributed by atoms with van der Waals surface area (Å²) in [4.78, 5) is 0. The second kappa shape index (κ2) is 6.65. The molecule has 0 radical (unpaired) electrons. The van der Waals surface area contributed by atoms with Crippen LogP contribution < -0.4 is 5.73 Å². The average Bonchev–Trinajstić information content (AvgIpc) is 2.97. The molecule has 0 bridgehead atoms. The molecule has 0 unspecified atom stereocenters. The smallest absolute Gasteiger partial charge is 0.0871 e. The van der Waals surface area contributed by atoms with E-state index >= 15 is 0 Å². The average molecular weight is 306 g/mol. The second-order valence-corrected chi connectivity index (χ2v) is 6.22. The summed E-state index contributed by atoms with van der Waals surface area (Å²) in [7, 11) is 0. The summed E-state index contributed by atoms with van der Waals surface area (Å²) < 4.78 is 1.89. The summed E-state index contributed by atoms with van der Waals surface area (Å²) in [5.74, 6) is 0.557. The molecule has 4 heteroatoms. The van der Waals surface area contributed by atoms with Crippen molar-refractivity contribution in [1.29, 1.82) is 0 Å². The number of nitrogens with zero attached hydrogens (tertiary/aromatic N) is 3. The molecule has 0 amide bonds. The lowest BCUT2D eigenvalue weighted by Crippen LogP contribution is -2.00. The fraction of sp³-hybridized carbons (Fsp3) is 0.263. The van der Waals surface area contributed by atoms with Gasteiger partial charge in [-0.1, -0.05) is 55.5 Å². The molecular formula is C19H22N4. The standard InChI is InChI=1S/C19H22N4/c1-14(2)17-7-3-16(4-8-17)12-23-13-19(21-22-23)11-15-5-9-18(20)10-6-15/h3-10,13-14H,11-12,20H2,1-2H3. The van der Waals surface area contributed by atoms with Crippen molar-refractivity contribution in [3.05, 3.63) is 77.1 Å². The highest BCUT2D eigenvalue weighted by Gasteiger charge is 2.04. The molecule has 2 N–H and O–H groups in total. The maximum Gasteiger partial charge on any atom is 0.0871 e. The minimum Gasteiger partial charge on any atom is -0.399 e. The first kappa shape index (κ1) is 15.3. The maximum atomic E-state index is 5.71. The quantitative estimate of drug-likeness (QED) is 0.732. The highest BCUT2D eigenvalue weighted by molar-refractivity contribution is 5.40. The molecule has 23 heavy (non-hydrogen) atoms. The number of hydrogen-bond donors (Lipinski definition) is 1. The van der Waals surface area contributed by atoms with Crippen molar-refractivity contribution < 1.29 is 0 Å². The third kappa shape index (κ3) is 3.97. The fourth-order valence-electron chi connectivity index (χ4n) is 2.54. The van der Waals surface area contributed by atoms with Gasteiger partial charge >= 0.3 is 0 Å². The van der Waals surface area contributed by atoms with Crippen LogP contribution in [0.15, 0.2) is 54.7 Å². The lowest BCUT2D eigenvalue weighted by atomic mass is 10.0. The van der Waals surface area contributed by atoms with Gasteiger partial charge in [-0.25, -0.2) is 4.68 Å². The Morgan fingerprint density at radius 3 is 2.26 bits per heavy atom. The normalized spacial score (nSPS) is 11.1.